The third kappa shape index (κ3) is 6.06. The number of aromatic nitrogens is 4. The molecule has 4 aliphatic rings. The Kier molecular flexibility index (Phi) is 8.74. The van der Waals surface area contributed by atoms with Crippen LogP contribution in [0.2, 0.25) is 10.0 Å². The summed E-state index contributed by atoms with van der Waals surface area (Å²) < 4.78 is 12.0. The number of rotatable bonds is 4. The number of ether oxygens (including phenoxy) is 2. The first-order valence-corrected chi connectivity index (χ1v) is 19.8. The molecule has 0 radical (unpaired) electrons. The van der Waals surface area contributed by atoms with E-state index >= 15 is 0 Å². The number of imidazole rings is 2. The second kappa shape index (κ2) is 13.4. The number of aromatic amines is 2. The van der Waals surface area contributed by atoms with Gasteiger partial charge in [0.25, 0.3) is 0 Å². The molecule has 8 heteroatoms. The summed E-state index contributed by atoms with van der Waals surface area (Å²) in [5.41, 5.74) is 7.37. The maximum Gasteiger partial charge on any atom is 0.123 e. The van der Waals surface area contributed by atoms with Gasteiger partial charge >= 0.3 is 0 Å². The van der Waals surface area contributed by atoms with Gasteiger partial charge in [0.05, 0.1) is 35.3 Å². The second-order valence-electron chi connectivity index (χ2n) is 15.9. The minimum Gasteiger partial charge on any atom is -0.492 e. The maximum absolute atomic E-state index is 6.11. The van der Waals surface area contributed by atoms with Gasteiger partial charge in [-0.3, -0.25) is 0 Å². The molecule has 2 saturated carbocycles. The van der Waals surface area contributed by atoms with Crippen molar-refractivity contribution in [2.75, 3.05) is 13.2 Å². The van der Waals surface area contributed by atoms with Crippen LogP contribution in [0.5, 0.6) is 11.5 Å². The molecule has 6 aromatic rings. The maximum atomic E-state index is 6.11. The first kappa shape index (κ1) is 33.8. The molecule has 0 saturated heterocycles. The Morgan fingerprint density at radius 3 is 1.42 bits per heavy atom. The summed E-state index contributed by atoms with van der Waals surface area (Å²) >= 11 is 12.2. The Labute approximate surface area is 315 Å². The number of hydrogen-bond acceptors (Lipinski definition) is 4. The van der Waals surface area contributed by atoms with Gasteiger partial charge in [-0.2, -0.15) is 0 Å². The Morgan fingerprint density at radius 2 is 1.00 bits per heavy atom. The molecule has 4 aromatic carbocycles. The standard InChI is InChI=1S/2C22H23ClN2O/c2*1-14(21-24-18-7-6-16(23)12-19(18)25-21)15-8-10-22(11-9-15)13-26-20-5-3-2-4-17(20)22/h2*2-7,12,14-15H,8-11,13H2,1H3,(H,24,25)/t2*14-,15?,22?/m10/s1. The monoisotopic (exact) mass is 732 g/mol. The number of nitrogens with zero attached hydrogens (tertiary/aromatic N) is 2. The minimum atomic E-state index is 0.230. The fraction of sp³-hybridized carbons (Fsp3) is 0.409. The van der Waals surface area contributed by atoms with E-state index in [2.05, 4.69) is 72.3 Å². The van der Waals surface area contributed by atoms with Gasteiger partial charge in [-0.05, 0) is 112 Å². The van der Waals surface area contributed by atoms with Crippen molar-refractivity contribution in [2.45, 2.75) is 87.9 Å². The fourth-order valence-electron chi connectivity index (χ4n) is 9.74. The highest BCUT2D eigenvalue weighted by Crippen LogP contribution is 2.52. The van der Waals surface area contributed by atoms with E-state index in [9.17, 15) is 0 Å². The van der Waals surface area contributed by atoms with E-state index in [-0.39, 0.29) is 10.8 Å². The molecule has 0 bridgehead atoms. The van der Waals surface area contributed by atoms with Crippen LogP contribution >= 0.6 is 23.2 Å². The van der Waals surface area contributed by atoms with Crippen LogP contribution in [0.3, 0.4) is 0 Å². The van der Waals surface area contributed by atoms with Gasteiger partial charge in [-0.1, -0.05) is 73.4 Å². The Hall–Kier alpha value is -4.00. The molecule has 10 rings (SSSR count). The number of hydrogen-bond donors (Lipinski definition) is 2. The van der Waals surface area contributed by atoms with Gasteiger partial charge in [0, 0.05) is 43.8 Å². The fourth-order valence-corrected chi connectivity index (χ4v) is 10.1. The lowest BCUT2D eigenvalue weighted by Gasteiger charge is -2.38. The van der Waals surface area contributed by atoms with Crippen molar-refractivity contribution in [3.8, 4) is 11.5 Å². The molecule has 4 heterocycles. The SMILES string of the molecule is C[C@@H](c1nc2ccc(Cl)cc2[nH]1)C1CCC2(CC1)COc1ccccc12.C[C@H](c1nc2ccc(Cl)cc2[nH]1)C1CCC2(CC1)COc1ccccc12. The molecule has 2 spiro atoms. The van der Waals surface area contributed by atoms with E-state index in [4.69, 9.17) is 42.6 Å². The van der Waals surface area contributed by atoms with Gasteiger partial charge in [-0.25, -0.2) is 9.97 Å². The van der Waals surface area contributed by atoms with Crippen molar-refractivity contribution in [2.24, 2.45) is 11.8 Å². The van der Waals surface area contributed by atoms with E-state index in [1.165, 1.54) is 62.5 Å². The zero-order valence-electron chi connectivity index (χ0n) is 29.9. The number of fused-ring (bicyclic) bond motifs is 6. The van der Waals surface area contributed by atoms with Crippen LogP contribution in [-0.4, -0.2) is 33.1 Å². The van der Waals surface area contributed by atoms with Crippen LogP contribution in [-0.2, 0) is 10.8 Å². The van der Waals surface area contributed by atoms with Gasteiger partial charge in [0.2, 0.25) is 0 Å². The van der Waals surface area contributed by atoms with Crippen molar-refractivity contribution in [1.82, 2.24) is 19.9 Å². The lowest BCUT2D eigenvalue weighted by atomic mass is 9.65. The lowest BCUT2D eigenvalue weighted by molar-refractivity contribution is 0.169. The van der Waals surface area contributed by atoms with Gasteiger partial charge in [0.15, 0.2) is 0 Å². The quantitative estimate of drug-likeness (QED) is 0.189. The molecule has 2 aromatic heterocycles. The summed E-state index contributed by atoms with van der Waals surface area (Å²) in [6.45, 7) is 6.30. The highest BCUT2D eigenvalue weighted by molar-refractivity contribution is 6.31. The molecule has 0 unspecified atom stereocenters. The Morgan fingerprint density at radius 1 is 0.596 bits per heavy atom. The molecule has 0 amide bonds. The lowest BCUT2D eigenvalue weighted by Crippen LogP contribution is -2.34. The average Bonchev–Trinajstić information content (AvgIpc) is 3.96. The number of para-hydroxylation sites is 2. The van der Waals surface area contributed by atoms with Crippen molar-refractivity contribution in [1.29, 1.82) is 0 Å². The zero-order valence-corrected chi connectivity index (χ0v) is 31.4. The van der Waals surface area contributed by atoms with Crippen LogP contribution in [0.15, 0.2) is 84.9 Å². The number of nitrogens with one attached hydrogen (secondary N) is 2. The predicted molar refractivity (Wildman–Crippen MR) is 210 cm³/mol. The molecule has 2 aliphatic heterocycles. The first-order chi connectivity index (χ1) is 25.3. The van der Waals surface area contributed by atoms with E-state index in [0.717, 1.165) is 68.5 Å². The van der Waals surface area contributed by atoms with Crippen molar-refractivity contribution in [3.63, 3.8) is 0 Å². The Balaban J connectivity index is 0.000000138. The normalized spacial score (nSPS) is 26.0. The van der Waals surface area contributed by atoms with Crippen LogP contribution in [0, 0.1) is 11.8 Å². The summed E-state index contributed by atoms with van der Waals surface area (Å²) in [4.78, 5) is 16.6. The molecule has 2 N–H and O–H groups in total. The van der Waals surface area contributed by atoms with Crippen LogP contribution in [0.4, 0.5) is 0 Å². The van der Waals surface area contributed by atoms with Crippen LogP contribution < -0.4 is 9.47 Å². The largest absolute Gasteiger partial charge is 0.492 e. The van der Waals surface area contributed by atoms with Crippen LogP contribution in [0.25, 0.3) is 22.1 Å². The molecular formula is C44H46Cl2N4O2. The summed E-state index contributed by atoms with van der Waals surface area (Å²) in [7, 11) is 0. The second-order valence-corrected chi connectivity index (χ2v) is 16.8. The van der Waals surface area contributed by atoms with Crippen molar-refractivity contribution < 1.29 is 9.47 Å². The van der Waals surface area contributed by atoms with E-state index in [0.29, 0.717) is 23.7 Å². The third-order valence-electron chi connectivity index (χ3n) is 13.1. The summed E-state index contributed by atoms with van der Waals surface area (Å²) in [6, 6.07) is 28.9. The molecule has 6 nitrogen and oxygen atoms in total. The average molecular weight is 734 g/mol. The van der Waals surface area contributed by atoms with Crippen LogP contribution in [0.1, 0.15) is 99.8 Å². The topological polar surface area (TPSA) is 75.8 Å². The Bertz CT molecular complexity index is 2070. The summed E-state index contributed by atoms with van der Waals surface area (Å²) in [6.07, 6.45) is 9.67. The molecular weight excluding hydrogens is 687 g/mol. The van der Waals surface area contributed by atoms with Crippen molar-refractivity contribution in [3.05, 3.63) is 118 Å². The first-order valence-electron chi connectivity index (χ1n) is 19.0. The molecule has 2 fully saturated rings. The van der Waals surface area contributed by atoms with Gasteiger partial charge < -0.3 is 19.4 Å². The van der Waals surface area contributed by atoms with Gasteiger partial charge in [-0.15, -0.1) is 0 Å². The number of halogens is 2. The molecule has 2 atom stereocenters. The number of benzene rings is 4. The van der Waals surface area contributed by atoms with E-state index < -0.39 is 0 Å². The highest BCUT2D eigenvalue weighted by Gasteiger charge is 2.45. The zero-order chi connectivity index (χ0) is 35.5. The molecule has 268 valence electrons. The minimum absolute atomic E-state index is 0.230. The highest BCUT2D eigenvalue weighted by atomic mass is 35.5. The number of H-pyrrole nitrogens is 2. The van der Waals surface area contributed by atoms with E-state index in [1.54, 1.807) is 0 Å². The summed E-state index contributed by atoms with van der Waals surface area (Å²) in [5, 5.41) is 1.50. The molecule has 2 aliphatic carbocycles. The molecule has 52 heavy (non-hydrogen) atoms. The van der Waals surface area contributed by atoms with E-state index in [1.807, 2.05) is 36.4 Å². The van der Waals surface area contributed by atoms with Crippen molar-refractivity contribution >= 4 is 45.3 Å². The predicted octanol–water partition coefficient (Wildman–Crippen LogP) is 11.7. The smallest absolute Gasteiger partial charge is 0.123 e. The van der Waals surface area contributed by atoms with Gasteiger partial charge in [0.1, 0.15) is 23.1 Å². The third-order valence-corrected chi connectivity index (χ3v) is 13.6. The summed E-state index contributed by atoms with van der Waals surface area (Å²) in [5.74, 6) is 6.53.